The molecule has 0 aromatic carbocycles. The minimum absolute atomic E-state index is 0.222. The molecule has 1 fully saturated rings. The van der Waals surface area contributed by atoms with Gasteiger partial charge in [-0.2, -0.15) is 0 Å². The van der Waals surface area contributed by atoms with Crippen LogP contribution in [0.15, 0.2) is 32.8 Å². The molecule has 134 valence electrons. The molecule has 26 heavy (non-hydrogen) atoms. The molecular weight excluding hydrogens is 392 g/mol. The maximum atomic E-state index is 12.6. The second-order valence-electron chi connectivity index (χ2n) is 5.66. The molecule has 4 rings (SSSR count). The Morgan fingerprint density at radius 1 is 1.38 bits per heavy atom. The van der Waals surface area contributed by atoms with Gasteiger partial charge in [0.2, 0.25) is 5.91 Å². The minimum atomic E-state index is -0.531. The van der Waals surface area contributed by atoms with Crippen LogP contribution in [-0.4, -0.2) is 45.1 Å². The van der Waals surface area contributed by atoms with E-state index >= 15 is 0 Å². The van der Waals surface area contributed by atoms with Crippen LogP contribution in [0.25, 0.3) is 20.7 Å². The monoisotopic (exact) mass is 406 g/mol. The molecule has 1 atom stereocenters. The van der Waals surface area contributed by atoms with Crippen LogP contribution < -0.4 is 10.9 Å². The number of fused-ring (bicyclic) bond motifs is 1. The van der Waals surface area contributed by atoms with Crippen molar-refractivity contribution in [2.45, 2.75) is 17.3 Å². The van der Waals surface area contributed by atoms with Crippen LogP contribution in [0.4, 0.5) is 4.79 Å². The Labute approximate surface area is 160 Å². The third-order valence-electron chi connectivity index (χ3n) is 3.97. The number of carbonyl (C=O) groups excluding carboxylic acids is 2. The fourth-order valence-electron chi connectivity index (χ4n) is 2.72. The van der Waals surface area contributed by atoms with Crippen LogP contribution >= 0.6 is 34.4 Å². The van der Waals surface area contributed by atoms with Gasteiger partial charge in [-0.1, -0.05) is 17.8 Å². The molecule has 10 heteroatoms. The predicted octanol–water partition coefficient (Wildman–Crippen LogP) is 2.75. The molecular formula is C16H14N4O3S3. The van der Waals surface area contributed by atoms with Gasteiger partial charge in [0.05, 0.1) is 10.6 Å². The highest BCUT2D eigenvalue weighted by molar-refractivity contribution is 8.00. The van der Waals surface area contributed by atoms with Crippen molar-refractivity contribution in [1.29, 1.82) is 0 Å². The van der Waals surface area contributed by atoms with Crippen LogP contribution in [0.1, 0.15) is 6.92 Å². The number of imide groups is 1. The largest absolute Gasteiger partial charge is 0.336 e. The number of nitrogens with zero attached hydrogens (tertiary/aromatic N) is 2. The number of urea groups is 1. The first-order valence-electron chi connectivity index (χ1n) is 7.86. The summed E-state index contributed by atoms with van der Waals surface area (Å²) >= 11 is 4.12. The van der Waals surface area contributed by atoms with Crippen molar-refractivity contribution < 1.29 is 9.59 Å². The highest BCUT2D eigenvalue weighted by Crippen LogP contribution is 2.34. The number of nitrogens with one attached hydrogen (secondary N) is 2. The number of hydrogen-bond donors (Lipinski definition) is 2. The van der Waals surface area contributed by atoms with Crippen LogP contribution in [0, 0.1) is 0 Å². The number of rotatable bonds is 4. The highest BCUT2D eigenvalue weighted by atomic mass is 32.2. The lowest BCUT2D eigenvalue weighted by molar-refractivity contribution is -0.126. The first-order valence-corrected chi connectivity index (χ1v) is 10.5. The van der Waals surface area contributed by atoms with Gasteiger partial charge in [0.25, 0.3) is 5.56 Å². The van der Waals surface area contributed by atoms with Crippen molar-refractivity contribution in [2.75, 3.05) is 13.1 Å². The number of aromatic amines is 1. The summed E-state index contributed by atoms with van der Waals surface area (Å²) in [5.74, 6) is -0.293. The molecule has 3 amide bonds. The second kappa shape index (κ2) is 6.86. The topological polar surface area (TPSA) is 95.2 Å². The van der Waals surface area contributed by atoms with Crippen molar-refractivity contribution in [2.24, 2.45) is 0 Å². The van der Waals surface area contributed by atoms with Gasteiger partial charge in [0.15, 0.2) is 5.16 Å². The first-order chi connectivity index (χ1) is 12.5. The van der Waals surface area contributed by atoms with E-state index in [1.165, 1.54) is 16.2 Å². The van der Waals surface area contributed by atoms with Crippen LogP contribution in [-0.2, 0) is 4.79 Å². The summed E-state index contributed by atoms with van der Waals surface area (Å²) in [6, 6.07) is 3.53. The van der Waals surface area contributed by atoms with Gasteiger partial charge < -0.3 is 10.3 Å². The Morgan fingerprint density at radius 3 is 2.92 bits per heavy atom. The molecule has 3 aromatic heterocycles. The second-order valence-corrected chi connectivity index (χ2v) is 8.80. The molecule has 0 radical (unpaired) electrons. The zero-order chi connectivity index (χ0) is 18.3. The van der Waals surface area contributed by atoms with Crippen LogP contribution in [0.5, 0.6) is 0 Å². The molecule has 4 heterocycles. The quantitative estimate of drug-likeness (QED) is 0.513. The zero-order valence-electron chi connectivity index (χ0n) is 13.6. The predicted molar refractivity (Wildman–Crippen MR) is 104 cm³/mol. The van der Waals surface area contributed by atoms with Crippen molar-refractivity contribution in [3.8, 4) is 10.4 Å². The summed E-state index contributed by atoms with van der Waals surface area (Å²) in [5, 5.41) is 6.91. The number of thiophene rings is 2. The summed E-state index contributed by atoms with van der Waals surface area (Å²) in [7, 11) is 0. The SMILES string of the molecule is C[C@H](Sc1nc2scc(-c3cccs3)c2c(=O)[nH]1)C(=O)N1CCNC1=O. The summed E-state index contributed by atoms with van der Waals surface area (Å²) in [5.41, 5.74) is 0.656. The molecule has 1 aliphatic rings. The fraction of sp³-hybridized carbons (Fsp3) is 0.250. The molecule has 0 spiro atoms. The molecule has 0 bridgehead atoms. The van der Waals surface area contributed by atoms with Crippen molar-refractivity contribution in [3.63, 3.8) is 0 Å². The molecule has 1 saturated heterocycles. The average Bonchev–Trinajstić information content (AvgIpc) is 3.33. The van der Waals surface area contributed by atoms with Gasteiger partial charge in [-0.05, 0) is 18.4 Å². The number of hydrogen-bond acceptors (Lipinski definition) is 7. The van der Waals surface area contributed by atoms with Gasteiger partial charge in [0.1, 0.15) is 4.83 Å². The van der Waals surface area contributed by atoms with Crippen molar-refractivity contribution >= 4 is 56.6 Å². The average molecular weight is 407 g/mol. The number of aromatic nitrogens is 2. The summed E-state index contributed by atoms with van der Waals surface area (Å²) in [6.45, 7) is 2.53. The number of carbonyl (C=O) groups is 2. The van der Waals surface area contributed by atoms with E-state index in [4.69, 9.17) is 0 Å². The smallest absolute Gasteiger partial charge is 0.324 e. The Hall–Kier alpha value is -2.17. The number of thioether (sulfide) groups is 1. The van der Waals surface area contributed by atoms with Gasteiger partial charge >= 0.3 is 6.03 Å². The lowest BCUT2D eigenvalue weighted by Crippen LogP contribution is -2.39. The minimum Gasteiger partial charge on any atom is -0.336 e. The third kappa shape index (κ3) is 3.04. The van der Waals surface area contributed by atoms with E-state index in [2.05, 4.69) is 15.3 Å². The van der Waals surface area contributed by atoms with E-state index in [9.17, 15) is 14.4 Å². The number of amides is 3. The Balaban J connectivity index is 1.61. The lowest BCUT2D eigenvalue weighted by Gasteiger charge is -2.16. The first kappa shape index (κ1) is 17.3. The lowest BCUT2D eigenvalue weighted by atomic mass is 10.2. The molecule has 7 nitrogen and oxygen atoms in total. The fourth-order valence-corrected chi connectivity index (χ4v) is 5.40. The Kier molecular flexibility index (Phi) is 4.55. The Morgan fingerprint density at radius 2 is 2.23 bits per heavy atom. The molecule has 3 aromatic rings. The van der Waals surface area contributed by atoms with Crippen molar-refractivity contribution in [3.05, 3.63) is 33.2 Å². The van der Waals surface area contributed by atoms with E-state index in [1.54, 1.807) is 18.3 Å². The summed E-state index contributed by atoms with van der Waals surface area (Å²) in [4.78, 5) is 46.7. The number of H-pyrrole nitrogens is 1. The van der Waals surface area contributed by atoms with E-state index in [1.807, 2.05) is 22.9 Å². The standard InChI is InChI=1S/C16H14N4O3S3/c1-8(14(22)20-5-4-17-16(20)23)26-15-18-12(21)11-9(7-25-13(11)19-15)10-3-2-6-24-10/h2-3,6-8H,4-5H2,1H3,(H,17,23)(H,18,19,21)/t8-/m0/s1. The Bertz CT molecular complexity index is 1040. The van der Waals surface area contributed by atoms with E-state index < -0.39 is 5.25 Å². The van der Waals surface area contributed by atoms with Gasteiger partial charge in [-0.3, -0.25) is 14.5 Å². The van der Waals surface area contributed by atoms with Gasteiger partial charge in [-0.15, -0.1) is 22.7 Å². The third-order valence-corrected chi connectivity index (χ3v) is 6.72. The van der Waals surface area contributed by atoms with E-state index in [-0.39, 0.29) is 17.5 Å². The highest BCUT2D eigenvalue weighted by Gasteiger charge is 2.30. The van der Waals surface area contributed by atoms with Gasteiger partial charge in [0, 0.05) is 28.9 Å². The van der Waals surface area contributed by atoms with E-state index in [0.29, 0.717) is 28.5 Å². The van der Waals surface area contributed by atoms with E-state index in [0.717, 1.165) is 22.2 Å². The maximum Gasteiger partial charge on any atom is 0.324 e. The van der Waals surface area contributed by atoms with Crippen molar-refractivity contribution in [1.82, 2.24) is 20.2 Å². The van der Waals surface area contributed by atoms with Crippen LogP contribution in [0.2, 0.25) is 0 Å². The summed E-state index contributed by atoms with van der Waals surface area (Å²) < 4.78 is 0. The van der Waals surface area contributed by atoms with Crippen LogP contribution in [0.3, 0.4) is 0 Å². The molecule has 1 aliphatic heterocycles. The summed E-state index contributed by atoms with van der Waals surface area (Å²) in [6.07, 6.45) is 0. The molecule has 0 aliphatic carbocycles. The normalized spacial score (nSPS) is 15.4. The zero-order valence-corrected chi connectivity index (χ0v) is 16.1. The maximum absolute atomic E-state index is 12.6. The molecule has 0 saturated carbocycles. The molecule has 0 unspecified atom stereocenters. The molecule has 2 N–H and O–H groups in total. The van der Waals surface area contributed by atoms with Gasteiger partial charge in [-0.25, -0.2) is 9.78 Å².